The van der Waals surface area contributed by atoms with Gasteiger partial charge in [0.15, 0.2) is 0 Å². The average Bonchev–Trinajstić information content (AvgIpc) is 2.71. The van der Waals surface area contributed by atoms with E-state index in [-0.39, 0.29) is 37.0 Å². The smallest absolute Gasteiger partial charge is 0.254 e. The number of carbonyl (C=O) groups excluding carboxylic acids is 3. The maximum atomic E-state index is 13.4. The minimum atomic E-state index is -0.830. The molecule has 6 nitrogen and oxygen atoms in total. The Kier molecular flexibility index (Phi) is 5.52. The molecule has 2 saturated heterocycles. The van der Waals surface area contributed by atoms with Gasteiger partial charge >= 0.3 is 0 Å². The van der Waals surface area contributed by atoms with E-state index in [1.807, 2.05) is 0 Å². The second-order valence-electron chi connectivity index (χ2n) is 8.26. The average molecular weight is 405 g/mol. The highest BCUT2D eigenvalue weighted by molar-refractivity contribution is 5.99. The number of halogens is 2. The van der Waals surface area contributed by atoms with E-state index in [0.717, 1.165) is 25.0 Å². The van der Waals surface area contributed by atoms with Gasteiger partial charge in [0.2, 0.25) is 11.8 Å². The van der Waals surface area contributed by atoms with Crippen molar-refractivity contribution in [1.82, 2.24) is 15.1 Å². The Morgan fingerprint density at radius 1 is 1.03 bits per heavy atom. The molecule has 2 heterocycles. The third-order valence-corrected chi connectivity index (χ3v) is 6.27. The summed E-state index contributed by atoms with van der Waals surface area (Å²) in [6, 6.07) is 1.39. The number of nitrogens with zero attached hydrogens (tertiary/aromatic N) is 2. The highest BCUT2D eigenvalue weighted by Crippen LogP contribution is 2.29. The zero-order valence-corrected chi connectivity index (χ0v) is 16.2. The maximum Gasteiger partial charge on any atom is 0.254 e. The fraction of sp³-hybridized carbons (Fsp3) is 0.571. The summed E-state index contributed by atoms with van der Waals surface area (Å²) in [5, 5.41) is 2.84. The Bertz CT molecular complexity index is 805. The summed E-state index contributed by atoms with van der Waals surface area (Å²) < 4.78 is 26.9. The van der Waals surface area contributed by atoms with Gasteiger partial charge in [-0.1, -0.05) is 32.1 Å². The van der Waals surface area contributed by atoms with Crippen LogP contribution in [0.5, 0.6) is 0 Å². The number of benzene rings is 1. The van der Waals surface area contributed by atoms with E-state index in [0.29, 0.717) is 18.4 Å². The summed E-state index contributed by atoms with van der Waals surface area (Å²) in [7, 11) is 0. The summed E-state index contributed by atoms with van der Waals surface area (Å²) in [5.41, 5.74) is -0.103. The molecule has 0 aromatic heterocycles. The van der Waals surface area contributed by atoms with Crippen molar-refractivity contribution in [3.05, 3.63) is 35.4 Å². The van der Waals surface area contributed by atoms with Crippen LogP contribution in [0, 0.1) is 17.6 Å². The number of rotatable bonds is 3. The Morgan fingerprint density at radius 3 is 2.41 bits per heavy atom. The third kappa shape index (κ3) is 4.11. The van der Waals surface area contributed by atoms with Gasteiger partial charge in [-0.15, -0.1) is 0 Å². The van der Waals surface area contributed by atoms with Gasteiger partial charge in [0.25, 0.3) is 5.91 Å². The fourth-order valence-electron chi connectivity index (χ4n) is 4.76. The second kappa shape index (κ2) is 8.08. The topological polar surface area (TPSA) is 69.7 Å². The molecule has 3 amide bonds. The van der Waals surface area contributed by atoms with Crippen LogP contribution in [0.4, 0.5) is 8.78 Å². The van der Waals surface area contributed by atoms with Crippen LogP contribution < -0.4 is 5.32 Å². The SMILES string of the molecule is O=C1N[C@@H](CC2CCCCC2)C(=O)N2CCN(C(=O)c3cc(F)cc(F)c3)C[C@H]12. The summed E-state index contributed by atoms with van der Waals surface area (Å²) in [6.45, 7) is 0.481. The number of nitrogens with one attached hydrogen (secondary N) is 1. The minimum absolute atomic E-state index is 0.0185. The standard InChI is InChI=1S/C21H25F2N3O3/c22-15-9-14(10-16(23)11-15)20(28)25-6-7-26-18(12-25)19(27)24-17(21(26)29)8-13-4-2-1-3-5-13/h9-11,13,17-18H,1-8,12H2,(H,24,27)/t17-,18+/m0/s1. The molecule has 0 bridgehead atoms. The van der Waals surface area contributed by atoms with E-state index in [1.54, 1.807) is 4.90 Å². The van der Waals surface area contributed by atoms with Crippen LogP contribution in [-0.4, -0.2) is 59.2 Å². The Labute approximate surface area is 168 Å². The molecule has 1 aliphatic carbocycles. The Balaban J connectivity index is 1.43. The van der Waals surface area contributed by atoms with Crippen LogP contribution >= 0.6 is 0 Å². The lowest BCUT2D eigenvalue weighted by atomic mass is 9.84. The lowest BCUT2D eigenvalue weighted by Crippen LogP contribution is -2.69. The highest BCUT2D eigenvalue weighted by atomic mass is 19.1. The first-order valence-corrected chi connectivity index (χ1v) is 10.3. The molecule has 3 aliphatic rings. The van der Waals surface area contributed by atoms with Crippen molar-refractivity contribution in [3.8, 4) is 0 Å². The number of hydrogen-bond acceptors (Lipinski definition) is 3. The van der Waals surface area contributed by atoms with Gasteiger partial charge in [0.1, 0.15) is 23.7 Å². The summed E-state index contributed by atoms with van der Waals surface area (Å²) in [6.07, 6.45) is 6.42. The number of amides is 3. The van der Waals surface area contributed by atoms with Crippen molar-refractivity contribution in [3.63, 3.8) is 0 Å². The van der Waals surface area contributed by atoms with Crippen LogP contribution in [0.3, 0.4) is 0 Å². The molecule has 1 saturated carbocycles. The monoisotopic (exact) mass is 405 g/mol. The highest BCUT2D eigenvalue weighted by Gasteiger charge is 2.44. The van der Waals surface area contributed by atoms with Crippen molar-refractivity contribution in [2.45, 2.75) is 50.6 Å². The molecular weight excluding hydrogens is 380 g/mol. The molecule has 1 aromatic carbocycles. The predicted molar refractivity (Wildman–Crippen MR) is 101 cm³/mol. The second-order valence-corrected chi connectivity index (χ2v) is 8.26. The molecular formula is C21H25F2N3O3. The maximum absolute atomic E-state index is 13.4. The van der Waals surface area contributed by atoms with Gasteiger partial charge in [-0.25, -0.2) is 8.78 Å². The van der Waals surface area contributed by atoms with Gasteiger partial charge in [-0.05, 0) is 24.5 Å². The van der Waals surface area contributed by atoms with Crippen LogP contribution in [0.15, 0.2) is 18.2 Å². The predicted octanol–water partition coefficient (Wildman–Crippen LogP) is 2.09. The molecule has 1 aromatic rings. The molecule has 29 heavy (non-hydrogen) atoms. The van der Waals surface area contributed by atoms with E-state index < -0.39 is 29.6 Å². The normalized spacial score (nSPS) is 25.6. The fourth-order valence-corrected chi connectivity index (χ4v) is 4.76. The van der Waals surface area contributed by atoms with Gasteiger partial charge in [0.05, 0.1) is 6.54 Å². The molecule has 8 heteroatoms. The van der Waals surface area contributed by atoms with Crippen molar-refractivity contribution >= 4 is 17.7 Å². The van der Waals surface area contributed by atoms with Crippen LogP contribution in [0.2, 0.25) is 0 Å². The number of hydrogen-bond donors (Lipinski definition) is 1. The zero-order valence-electron chi connectivity index (χ0n) is 16.2. The first-order valence-electron chi connectivity index (χ1n) is 10.3. The number of carbonyl (C=O) groups is 3. The number of piperazine rings is 2. The first-order chi connectivity index (χ1) is 13.9. The summed E-state index contributed by atoms with van der Waals surface area (Å²) >= 11 is 0. The molecule has 0 unspecified atom stereocenters. The zero-order chi connectivity index (χ0) is 20.5. The first kappa shape index (κ1) is 19.8. The Morgan fingerprint density at radius 2 is 1.72 bits per heavy atom. The van der Waals surface area contributed by atoms with E-state index in [2.05, 4.69) is 5.32 Å². The largest absolute Gasteiger partial charge is 0.342 e. The molecule has 4 rings (SSSR count). The van der Waals surface area contributed by atoms with E-state index in [1.165, 1.54) is 24.2 Å². The summed E-state index contributed by atoms with van der Waals surface area (Å²) in [4.78, 5) is 41.2. The van der Waals surface area contributed by atoms with Crippen molar-refractivity contribution in [1.29, 1.82) is 0 Å². The Hall–Kier alpha value is -2.51. The van der Waals surface area contributed by atoms with Crippen LogP contribution in [0.25, 0.3) is 0 Å². The molecule has 0 radical (unpaired) electrons. The molecule has 2 atom stereocenters. The molecule has 156 valence electrons. The van der Waals surface area contributed by atoms with E-state index >= 15 is 0 Å². The van der Waals surface area contributed by atoms with E-state index in [4.69, 9.17) is 0 Å². The van der Waals surface area contributed by atoms with E-state index in [9.17, 15) is 23.2 Å². The van der Waals surface area contributed by atoms with Crippen molar-refractivity contribution in [2.75, 3.05) is 19.6 Å². The molecule has 1 N–H and O–H groups in total. The van der Waals surface area contributed by atoms with Crippen LogP contribution in [-0.2, 0) is 9.59 Å². The van der Waals surface area contributed by atoms with Gasteiger partial charge in [-0.3, -0.25) is 14.4 Å². The lowest BCUT2D eigenvalue weighted by molar-refractivity contribution is -0.152. The minimum Gasteiger partial charge on any atom is -0.342 e. The van der Waals surface area contributed by atoms with Crippen LogP contribution in [0.1, 0.15) is 48.9 Å². The van der Waals surface area contributed by atoms with Gasteiger partial charge < -0.3 is 15.1 Å². The third-order valence-electron chi connectivity index (χ3n) is 6.27. The van der Waals surface area contributed by atoms with Crippen molar-refractivity contribution in [2.24, 2.45) is 5.92 Å². The quantitative estimate of drug-likeness (QED) is 0.837. The molecule has 3 fully saturated rings. The molecule has 0 spiro atoms. The lowest BCUT2D eigenvalue weighted by Gasteiger charge is -2.45. The summed E-state index contributed by atoms with van der Waals surface area (Å²) in [5.74, 6) is -2.11. The van der Waals surface area contributed by atoms with Gasteiger partial charge in [-0.2, -0.15) is 0 Å². The van der Waals surface area contributed by atoms with Crippen molar-refractivity contribution < 1.29 is 23.2 Å². The van der Waals surface area contributed by atoms with Gasteiger partial charge in [0, 0.05) is 24.7 Å². The number of fused-ring (bicyclic) bond motifs is 1. The molecule has 2 aliphatic heterocycles.